The van der Waals surface area contributed by atoms with Crippen LogP contribution in [0, 0.1) is 0 Å². The highest BCUT2D eigenvalue weighted by Crippen LogP contribution is 2.41. The van der Waals surface area contributed by atoms with Gasteiger partial charge in [-0.25, -0.2) is 0 Å². The number of carbonyl (C=O) groups excluding carboxylic acids is 2. The molecule has 0 saturated heterocycles. The Morgan fingerprint density at radius 3 is 2.58 bits per heavy atom. The number of ether oxygens (including phenoxy) is 3. The Morgan fingerprint density at radius 2 is 1.85 bits per heavy atom. The molecule has 1 aliphatic heterocycles. The first-order chi connectivity index (χ1) is 19.4. The van der Waals surface area contributed by atoms with Crippen molar-refractivity contribution in [2.45, 2.75) is 19.5 Å². The third-order valence-corrected chi connectivity index (χ3v) is 7.21. The summed E-state index contributed by atoms with van der Waals surface area (Å²) < 4.78 is 17.6. The van der Waals surface area contributed by atoms with Crippen molar-refractivity contribution < 1.29 is 28.9 Å². The fourth-order valence-electron chi connectivity index (χ4n) is 4.54. The van der Waals surface area contributed by atoms with Crippen molar-refractivity contribution in [1.82, 2.24) is 25.0 Å². The Morgan fingerprint density at radius 1 is 1.12 bits per heavy atom. The number of aliphatic hydroxyl groups is 1. The van der Waals surface area contributed by atoms with Crippen molar-refractivity contribution in [1.29, 1.82) is 0 Å². The molecule has 12 nitrogen and oxygen atoms in total. The van der Waals surface area contributed by atoms with Crippen LogP contribution in [0.25, 0.3) is 22.2 Å². The summed E-state index contributed by atoms with van der Waals surface area (Å²) in [4.78, 5) is 29.6. The molecule has 0 radical (unpaired) electrons. The Kier molecular flexibility index (Phi) is 11.2. The second-order valence-corrected chi connectivity index (χ2v) is 9.93. The number of fused-ring (bicyclic) bond motifs is 3. The summed E-state index contributed by atoms with van der Waals surface area (Å²) in [6, 6.07) is 3.55. The number of hydrogen-bond acceptors (Lipinski definition) is 8. The third-order valence-electron chi connectivity index (χ3n) is 6.43. The van der Waals surface area contributed by atoms with Gasteiger partial charge in [0.05, 0.1) is 60.9 Å². The Bertz CT molecular complexity index is 1310. The average Bonchev–Trinajstić information content (AvgIpc) is 3.58. The maximum atomic E-state index is 12.4. The molecule has 0 bridgehead atoms. The summed E-state index contributed by atoms with van der Waals surface area (Å²) in [7, 11) is 0. The number of amides is 2. The number of nitrogens with one attached hydrogen (secondary N) is 2. The summed E-state index contributed by atoms with van der Waals surface area (Å²) in [5, 5.41) is 18.3. The van der Waals surface area contributed by atoms with E-state index in [4.69, 9.17) is 43.1 Å². The molecule has 5 N–H and O–H groups in total. The van der Waals surface area contributed by atoms with E-state index in [1.807, 2.05) is 0 Å². The van der Waals surface area contributed by atoms with Gasteiger partial charge in [-0.1, -0.05) is 23.2 Å². The quantitative estimate of drug-likeness (QED) is 0.191. The predicted molar refractivity (Wildman–Crippen MR) is 150 cm³/mol. The first kappa shape index (κ1) is 30.3. The van der Waals surface area contributed by atoms with Crippen LogP contribution in [-0.2, 0) is 43.3 Å². The number of halogens is 2. The number of benzene rings is 1. The molecular formula is C26H34Cl2N6O6. The molecular weight excluding hydrogens is 563 g/mol. The normalized spacial score (nSPS) is 13.2. The van der Waals surface area contributed by atoms with E-state index in [0.29, 0.717) is 93.5 Å². The van der Waals surface area contributed by atoms with Gasteiger partial charge in [0.2, 0.25) is 11.8 Å². The number of aromatic amines is 1. The molecule has 4 rings (SSSR count). The Balaban J connectivity index is 1.33. The number of aliphatic hydroxyl groups excluding tert-OH is 1. The van der Waals surface area contributed by atoms with Crippen LogP contribution in [0.1, 0.15) is 11.3 Å². The molecule has 218 valence electrons. The highest BCUT2D eigenvalue weighted by molar-refractivity contribution is 6.45. The first-order valence-corrected chi connectivity index (χ1v) is 13.8. The van der Waals surface area contributed by atoms with Crippen molar-refractivity contribution in [2.24, 2.45) is 5.73 Å². The molecule has 0 atom stereocenters. The van der Waals surface area contributed by atoms with E-state index in [0.717, 1.165) is 22.2 Å². The monoisotopic (exact) mass is 596 g/mol. The van der Waals surface area contributed by atoms with Crippen LogP contribution in [0.2, 0.25) is 10.0 Å². The van der Waals surface area contributed by atoms with Gasteiger partial charge < -0.3 is 40.3 Å². The van der Waals surface area contributed by atoms with Crippen molar-refractivity contribution in [3.8, 4) is 11.3 Å². The van der Waals surface area contributed by atoms with Crippen LogP contribution < -0.4 is 11.1 Å². The smallest absolute Gasteiger partial charge is 0.248 e. The van der Waals surface area contributed by atoms with Crippen LogP contribution in [0.15, 0.2) is 18.3 Å². The summed E-state index contributed by atoms with van der Waals surface area (Å²) >= 11 is 13.0. The fraction of sp³-hybridized carbons (Fsp3) is 0.500. The Hall–Kier alpha value is -2.71. The van der Waals surface area contributed by atoms with E-state index in [1.54, 1.807) is 27.9 Å². The molecule has 3 aromatic rings. The van der Waals surface area contributed by atoms with Crippen molar-refractivity contribution >= 4 is 45.9 Å². The number of nitrogens with two attached hydrogens (primary N) is 1. The molecule has 14 heteroatoms. The highest BCUT2D eigenvalue weighted by atomic mass is 35.5. The summed E-state index contributed by atoms with van der Waals surface area (Å²) in [5.41, 5.74) is 9.24. The predicted octanol–water partition coefficient (Wildman–Crippen LogP) is 1.34. The lowest BCUT2D eigenvalue weighted by atomic mass is 9.99. The van der Waals surface area contributed by atoms with Gasteiger partial charge in [0, 0.05) is 61.0 Å². The van der Waals surface area contributed by atoms with Gasteiger partial charge in [0.1, 0.15) is 13.2 Å². The van der Waals surface area contributed by atoms with Crippen molar-refractivity contribution in [3.63, 3.8) is 0 Å². The molecule has 1 aliphatic rings. The van der Waals surface area contributed by atoms with E-state index in [1.165, 1.54) is 0 Å². The fourth-order valence-corrected chi connectivity index (χ4v) is 4.94. The lowest BCUT2D eigenvalue weighted by Crippen LogP contribution is -2.37. The van der Waals surface area contributed by atoms with Gasteiger partial charge in [0.15, 0.2) is 0 Å². The zero-order valence-electron chi connectivity index (χ0n) is 22.1. The molecule has 0 saturated carbocycles. The lowest BCUT2D eigenvalue weighted by Gasteiger charge is -2.26. The molecule has 1 aromatic carbocycles. The number of hydrogen-bond donors (Lipinski definition) is 4. The molecule has 0 fully saturated rings. The third kappa shape index (κ3) is 7.52. The second-order valence-electron chi connectivity index (χ2n) is 9.15. The summed E-state index contributed by atoms with van der Waals surface area (Å²) in [6.07, 6.45) is 2.31. The largest absolute Gasteiger partial charge is 0.387 e. The topological polar surface area (TPSA) is 157 Å². The number of carbonyl (C=O) groups is 2. The van der Waals surface area contributed by atoms with Crippen LogP contribution in [-0.4, -0.2) is 102 Å². The van der Waals surface area contributed by atoms with Crippen LogP contribution in [0.5, 0.6) is 0 Å². The van der Waals surface area contributed by atoms with E-state index >= 15 is 0 Å². The molecule has 0 spiro atoms. The average molecular weight is 598 g/mol. The maximum absolute atomic E-state index is 12.4. The highest BCUT2D eigenvalue weighted by Gasteiger charge is 2.27. The van der Waals surface area contributed by atoms with Gasteiger partial charge in [-0.05, 0) is 12.1 Å². The number of rotatable bonds is 15. The lowest BCUT2D eigenvalue weighted by molar-refractivity contribution is -0.135. The van der Waals surface area contributed by atoms with E-state index in [-0.39, 0.29) is 18.4 Å². The van der Waals surface area contributed by atoms with Crippen molar-refractivity contribution in [2.75, 3.05) is 65.9 Å². The first-order valence-electron chi connectivity index (χ1n) is 13.1. The molecule has 2 aromatic heterocycles. The van der Waals surface area contributed by atoms with Gasteiger partial charge in [0.25, 0.3) is 0 Å². The van der Waals surface area contributed by atoms with Crippen molar-refractivity contribution in [3.05, 3.63) is 39.6 Å². The number of aromatic nitrogens is 3. The van der Waals surface area contributed by atoms with E-state index in [2.05, 4.69) is 15.4 Å². The SMILES string of the molecule is NCCOCCOCCOCCNC(=O)Cn1ccc(-c2cc(Cl)c(Cl)c3[nH]c4c(c23)CN(C(=O)CO)CC4)n1. The zero-order chi connectivity index (χ0) is 28.5. The molecule has 0 aliphatic carbocycles. The van der Waals surface area contributed by atoms with Gasteiger partial charge in [-0.15, -0.1) is 0 Å². The summed E-state index contributed by atoms with van der Waals surface area (Å²) in [6.45, 7) is 3.87. The number of H-pyrrole nitrogens is 1. The molecule has 2 amide bonds. The zero-order valence-corrected chi connectivity index (χ0v) is 23.6. The molecule has 0 unspecified atom stereocenters. The molecule has 3 heterocycles. The maximum Gasteiger partial charge on any atom is 0.248 e. The van der Waals surface area contributed by atoms with Gasteiger partial charge in [-0.2, -0.15) is 5.10 Å². The minimum Gasteiger partial charge on any atom is -0.387 e. The van der Waals surface area contributed by atoms with Crippen LogP contribution in [0.3, 0.4) is 0 Å². The molecule has 40 heavy (non-hydrogen) atoms. The van der Waals surface area contributed by atoms with Gasteiger partial charge in [-0.3, -0.25) is 14.3 Å². The minimum atomic E-state index is -0.546. The van der Waals surface area contributed by atoms with E-state index < -0.39 is 6.61 Å². The summed E-state index contributed by atoms with van der Waals surface area (Å²) in [5.74, 6) is -0.539. The number of nitrogens with zero attached hydrogens (tertiary/aromatic N) is 3. The minimum absolute atomic E-state index is 0.0282. The standard InChI is InChI=1S/C26H34Cl2N6O6/c27-19-13-17(24-18-14-33(23(37)16-35)5-1-20(18)31-26(24)25(19)28)21-2-6-34(32-21)15-22(36)30-4-8-39-10-12-40-11-9-38-7-3-29/h2,6,13,31,35H,1,3-5,7-12,14-16,29H2,(H,30,36). The van der Waals surface area contributed by atoms with Gasteiger partial charge >= 0.3 is 0 Å². The van der Waals surface area contributed by atoms with Crippen LogP contribution in [0.4, 0.5) is 0 Å². The van der Waals surface area contributed by atoms with E-state index in [9.17, 15) is 14.7 Å². The van der Waals surface area contributed by atoms with Crippen LogP contribution >= 0.6 is 23.2 Å². The second kappa shape index (κ2) is 14.8. The Labute approximate surface area is 241 Å².